The van der Waals surface area contributed by atoms with Crippen LogP contribution in [0.3, 0.4) is 0 Å². The molecular weight excluding hydrogens is 290 g/mol. The van der Waals surface area contributed by atoms with Crippen LogP contribution in [-0.4, -0.2) is 47.9 Å². The molecule has 2 aliphatic heterocycles. The first-order valence-electron chi connectivity index (χ1n) is 9.35. The molecule has 2 bridgehead atoms. The van der Waals surface area contributed by atoms with Crippen LogP contribution in [0.5, 0.6) is 0 Å². The quantitative estimate of drug-likeness (QED) is 0.812. The SMILES string of the molecule is CC(CC(=O)N(C)C1CC2CCC(C1)N2)NC(=O)C1CCCC1. The fourth-order valence-corrected chi connectivity index (χ4v) is 4.55. The lowest BCUT2D eigenvalue weighted by atomic mass is 9.98. The molecule has 3 atom stereocenters. The van der Waals surface area contributed by atoms with Gasteiger partial charge >= 0.3 is 0 Å². The second-order valence-corrected chi connectivity index (χ2v) is 7.86. The topological polar surface area (TPSA) is 61.4 Å². The Morgan fingerprint density at radius 1 is 1.13 bits per heavy atom. The summed E-state index contributed by atoms with van der Waals surface area (Å²) < 4.78 is 0. The number of nitrogens with one attached hydrogen (secondary N) is 2. The van der Waals surface area contributed by atoms with Crippen LogP contribution in [0.1, 0.15) is 64.7 Å². The van der Waals surface area contributed by atoms with Gasteiger partial charge in [0.15, 0.2) is 0 Å². The van der Waals surface area contributed by atoms with Crippen molar-refractivity contribution in [2.75, 3.05) is 7.05 Å². The average Bonchev–Trinajstić information content (AvgIpc) is 3.16. The van der Waals surface area contributed by atoms with Crippen LogP contribution < -0.4 is 10.6 Å². The molecule has 2 amide bonds. The first-order valence-corrected chi connectivity index (χ1v) is 9.35. The van der Waals surface area contributed by atoms with E-state index in [1.807, 2.05) is 18.9 Å². The van der Waals surface area contributed by atoms with Crippen LogP contribution in [0.15, 0.2) is 0 Å². The molecule has 0 aromatic heterocycles. The predicted octanol–water partition coefficient (Wildman–Crippen LogP) is 1.81. The highest BCUT2D eigenvalue weighted by atomic mass is 16.2. The zero-order chi connectivity index (χ0) is 16.4. The number of amides is 2. The highest BCUT2D eigenvalue weighted by Gasteiger charge is 2.36. The number of rotatable bonds is 5. The smallest absolute Gasteiger partial charge is 0.224 e. The molecule has 1 saturated carbocycles. The lowest BCUT2D eigenvalue weighted by Crippen LogP contribution is -2.49. The lowest BCUT2D eigenvalue weighted by Gasteiger charge is -2.36. The Morgan fingerprint density at radius 2 is 1.74 bits per heavy atom. The number of nitrogens with zero attached hydrogens (tertiary/aromatic N) is 1. The van der Waals surface area contributed by atoms with Crippen molar-refractivity contribution in [1.82, 2.24) is 15.5 Å². The van der Waals surface area contributed by atoms with Crippen LogP contribution in [0.25, 0.3) is 0 Å². The van der Waals surface area contributed by atoms with Crippen LogP contribution >= 0.6 is 0 Å². The second kappa shape index (κ2) is 7.20. The van der Waals surface area contributed by atoms with Crippen LogP contribution in [0.2, 0.25) is 0 Å². The summed E-state index contributed by atoms with van der Waals surface area (Å²) in [6.07, 6.45) is 9.37. The van der Waals surface area contributed by atoms with Crippen LogP contribution in [0, 0.1) is 5.92 Å². The van der Waals surface area contributed by atoms with E-state index >= 15 is 0 Å². The van der Waals surface area contributed by atoms with Crippen molar-refractivity contribution in [1.29, 1.82) is 0 Å². The molecule has 0 aromatic carbocycles. The largest absolute Gasteiger partial charge is 0.353 e. The molecule has 2 N–H and O–H groups in total. The van der Waals surface area contributed by atoms with E-state index in [1.165, 1.54) is 12.8 Å². The van der Waals surface area contributed by atoms with E-state index in [2.05, 4.69) is 10.6 Å². The summed E-state index contributed by atoms with van der Waals surface area (Å²) in [4.78, 5) is 26.6. The van der Waals surface area contributed by atoms with E-state index in [4.69, 9.17) is 0 Å². The maximum atomic E-state index is 12.5. The molecule has 3 aliphatic rings. The Morgan fingerprint density at radius 3 is 2.35 bits per heavy atom. The molecule has 3 unspecified atom stereocenters. The molecular formula is C18H31N3O2. The predicted molar refractivity (Wildman–Crippen MR) is 89.9 cm³/mol. The van der Waals surface area contributed by atoms with Gasteiger partial charge in [0, 0.05) is 43.6 Å². The minimum atomic E-state index is -0.0727. The molecule has 130 valence electrons. The normalized spacial score (nSPS) is 31.8. The molecule has 0 aromatic rings. The van der Waals surface area contributed by atoms with Gasteiger partial charge in [-0.2, -0.15) is 0 Å². The van der Waals surface area contributed by atoms with Crippen molar-refractivity contribution in [3.05, 3.63) is 0 Å². The second-order valence-electron chi connectivity index (χ2n) is 7.86. The first kappa shape index (κ1) is 16.7. The highest BCUT2D eigenvalue weighted by Crippen LogP contribution is 2.29. The number of piperidine rings is 1. The van der Waals surface area contributed by atoms with Gasteiger partial charge in [0.1, 0.15) is 0 Å². The molecule has 2 saturated heterocycles. The zero-order valence-corrected chi connectivity index (χ0v) is 14.5. The van der Waals surface area contributed by atoms with E-state index < -0.39 is 0 Å². The third kappa shape index (κ3) is 4.06. The lowest BCUT2D eigenvalue weighted by molar-refractivity contribution is -0.133. The minimum absolute atomic E-state index is 0.0727. The maximum Gasteiger partial charge on any atom is 0.224 e. The first-order chi connectivity index (χ1) is 11.0. The molecule has 5 nitrogen and oxygen atoms in total. The Hall–Kier alpha value is -1.10. The van der Waals surface area contributed by atoms with E-state index in [1.54, 1.807) is 0 Å². The van der Waals surface area contributed by atoms with Gasteiger partial charge < -0.3 is 15.5 Å². The summed E-state index contributed by atoms with van der Waals surface area (Å²) in [6, 6.07) is 1.47. The van der Waals surface area contributed by atoms with Gasteiger partial charge in [-0.15, -0.1) is 0 Å². The summed E-state index contributed by atoms with van der Waals surface area (Å²) in [5.41, 5.74) is 0. The van der Waals surface area contributed by atoms with Gasteiger partial charge in [0.05, 0.1) is 0 Å². The van der Waals surface area contributed by atoms with E-state index in [0.717, 1.165) is 38.5 Å². The summed E-state index contributed by atoms with van der Waals surface area (Å²) in [7, 11) is 1.93. The van der Waals surface area contributed by atoms with Crippen LogP contribution in [0.4, 0.5) is 0 Å². The average molecular weight is 321 g/mol. The van der Waals surface area contributed by atoms with Gasteiger partial charge in [-0.1, -0.05) is 12.8 Å². The number of hydrogen-bond acceptors (Lipinski definition) is 3. The highest BCUT2D eigenvalue weighted by molar-refractivity contribution is 5.81. The van der Waals surface area contributed by atoms with Crippen molar-refractivity contribution in [3.8, 4) is 0 Å². The fourth-order valence-electron chi connectivity index (χ4n) is 4.55. The summed E-state index contributed by atoms with van der Waals surface area (Å²) in [6.45, 7) is 1.95. The third-order valence-electron chi connectivity index (χ3n) is 5.98. The third-order valence-corrected chi connectivity index (χ3v) is 5.98. The zero-order valence-electron chi connectivity index (χ0n) is 14.5. The molecule has 2 heterocycles. The Kier molecular flexibility index (Phi) is 5.24. The van der Waals surface area contributed by atoms with Gasteiger partial charge in [-0.3, -0.25) is 9.59 Å². The molecule has 3 fully saturated rings. The Labute approximate surface area is 139 Å². The molecule has 23 heavy (non-hydrogen) atoms. The monoisotopic (exact) mass is 321 g/mol. The van der Waals surface area contributed by atoms with Crippen LogP contribution in [-0.2, 0) is 9.59 Å². The molecule has 0 spiro atoms. The van der Waals surface area contributed by atoms with Gasteiger partial charge in [-0.05, 0) is 45.4 Å². The van der Waals surface area contributed by atoms with Gasteiger partial charge in [0.25, 0.3) is 0 Å². The van der Waals surface area contributed by atoms with Crippen molar-refractivity contribution in [2.45, 2.75) is 88.9 Å². The maximum absolute atomic E-state index is 12.5. The number of fused-ring (bicyclic) bond motifs is 2. The van der Waals surface area contributed by atoms with Gasteiger partial charge in [0.2, 0.25) is 11.8 Å². The summed E-state index contributed by atoms with van der Waals surface area (Å²) in [5.74, 6) is 0.478. The number of carbonyl (C=O) groups is 2. The Bertz CT molecular complexity index is 436. The van der Waals surface area contributed by atoms with Gasteiger partial charge in [-0.25, -0.2) is 0 Å². The molecule has 1 aliphatic carbocycles. The van der Waals surface area contributed by atoms with E-state index in [0.29, 0.717) is 24.5 Å². The van der Waals surface area contributed by atoms with E-state index in [-0.39, 0.29) is 23.8 Å². The van der Waals surface area contributed by atoms with Crippen molar-refractivity contribution in [2.24, 2.45) is 5.92 Å². The standard InChI is InChI=1S/C18H31N3O2/c1-12(19-18(23)13-5-3-4-6-13)9-17(22)21(2)16-10-14-7-8-15(11-16)20-14/h12-16,20H,3-11H2,1-2H3,(H,19,23). The summed E-state index contributed by atoms with van der Waals surface area (Å²) >= 11 is 0. The van der Waals surface area contributed by atoms with Crippen molar-refractivity contribution in [3.63, 3.8) is 0 Å². The van der Waals surface area contributed by atoms with E-state index in [9.17, 15) is 9.59 Å². The minimum Gasteiger partial charge on any atom is -0.353 e. The van der Waals surface area contributed by atoms with Crippen molar-refractivity contribution >= 4 is 11.8 Å². The number of hydrogen-bond donors (Lipinski definition) is 2. The number of carbonyl (C=O) groups excluding carboxylic acids is 2. The molecule has 3 rings (SSSR count). The summed E-state index contributed by atoms with van der Waals surface area (Å²) in [5, 5.41) is 6.66. The fraction of sp³-hybridized carbons (Fsp3) is 0.889. The molecule has 5 heteroatoms. The molecule has 0 radical (unpaired) electrons. The Balaban J connectivity index is 1.45. The van der Waals surface area contributed by atoms with Crippen molar-refractivity contribution < 1.29 is 9.59 Å².